The first kappa shape index (κ1) is 19.5. The van der Waals surface area contributed by atoms with E-state index in [1.807, 2.05) is 4.90 Å². The van der Waals surface area contributed by atoms with Crippen LogP contribution in [0.5, 0.6) is 0 Å². The zero-order valence-electron chi connectivity index (χ0n) is 16.2. The largest absolute Gasteiger partial charge is 0.416 e. The van der Waals surface area contributed by atoms with Crippen molar-refractivity contribution in [3.63, 3.8) is 0 Å². The molecule has 3 N–H and O–H groups in total. The second-order valence-electron chi connectivity index (χ2n) is 7.54. The molecule has 4 aromatic rings. The number of aromatic amines is 2. The Morgan fingerprint density at radius 2 is 1.87 bits per heavy atom. The fourth-order valence-electron chi connectivity index (χ4n) is 3.88. The van der Waals surface area contributed by atoms with Crippen LogP contribution in [0.2, 0.25) is 0 Å². The third-order valence-corrected chi connectivity index (χ3v) is 5.61. The summed E-state index contributed by atoms with van der Waals surface area (Å²) in [5, 5.41) is 11.2. The minimum Gasteiger partial charge on any atom is -0.382 e. The number of aromatic nitrogens is 6. The number of alkyl halides is 3. The molecule has 0 amide bonds. The molecule has 4 heterocycles. The Hall–Kier alpha value is -3.47. The van der Waals surface area contributed by atoms with E-state index in [0.29, 0.717) is 54.5 Å². The number of benzene rings is 1. The Labute approximate surface area is 174 Å². The topological polar surface area (TPSA) is 107 Å². The van der Waals surface area contributed by atoms with E-state index in [4.69, 9.17) is 0 Å². The third kappa shape index (κ3) is 3.50. The Balaban J connectivity index is 1.35. The van der Waals surface area contributed by atoms with Gasteiger partial charge in [0.1, 0.15) is 23.3 Å². The highest BCUT2D eigenvalue weighted by atomic mass is 19.4. The predicted molar refractivity (Wildman–Crippen MR) is 106 cm³/mol. The maximum absolute atomic E-state index is 13.0. The molecule has 8 nitrogen and oxygen atoms in total. The Morgan fingerprint density at radius 3 is 2.65 bits per heavy atom. The van der Waals surface area contributed by atoms with E-state index in [1.165, 1.54) is 18.6 Å². The molecular weight excluding hydrogens is 411 g/mol. The Bertz CT molecular complexity index is 1220. The quantitative estimate of drug-likeness (QED) is 0.462. The molecule has 0 bridgehead atoms. The van der Waals surface area contributed by atoms with Crippen molar-refractivity contribution in [3.8, 4) is 11.3 Å². The number of rotatable bonds is 3. The minimum absolute atomic E-state index is 0.342. The van der Waals surface area contributed by atoms with E-state index in [0.717, 1.165) is 17.6 Å². The van der Waals surface area contributed by atoms with Gasteiger partial charge in [-0.05, 0) is 12.1 Å². The molecular formula is C20H18F3N7O. The van der Waals surface area contributed by atoms with Gasteiger partial charge < -0.3 is 20.0 Å². The normalized spacial score (nSPS) is 16.7. The maximum Gasteiger partial charge on any atom is 0.416 e. The minimum atomic E-state index is -4.43. The highest BCUT2D eigenvalue weighted by molar-refractivity contribution is 5.82. The van der Waals surface area contributed by atoms with Crippen LogP contribution in [0, 0.1) is 0 Å². The Kier molecular flexibility index (Phi) is 4.43. The average molecular weight is 429 g/mol. The molecule has 0 spiro atoms. The molecule has 0 radical (unpaired) electrons. The van der Waals surface area contributed by atoms with Gasteiger partial charge in [0.15, 0.2) is 11.5 Å². The van der Waals surface area contributed by atoms with Gasteiger partial charge >= 0.3 is 6.18 Å². The molecule has 11 heteroatoms. The van der Waals surface area contributed by atoms with Crippen molar-refractivity contribution in [2.75, 3.05) is 18.0 Å². The SMILES string of the molecule is OC1(c2ncc(-c3cccc(C(F)(F)F)c3)[nH]2)CCN(c2ncnc3nc[nH]c23)CC1. The molecule has 0 unspecified atom stereocenters. The van der Waals surface area contributed by atoms with Gasteiger partial charge in [-0.2, -0.15) is 13.2 Å². The van der Waals surface area contributed by atoms with E-state index < -0.39 is 17.3 Å². The molecule has 160 valence electrons. The second-order valence-corrected chi connectivity index (χ2v) is 7.54. The van der Waals surface area contributed by atoms with Gasteiger partial charge in [0, 0.05) is 31.5 Å². The fraction of sp³-hybridized carbons (Fsp3) is 0.300. The number of fused-ring (bicyclic) bond motifs is 1. The summed E-state index contributed by atoms with van der Waals surface area (Å²) in [5.74, 6) is 1.06. The lowest BCUT2D eigenvalue weighted by atomic mass is 9.90. The first-order valence-corrected chi connectivity index (χ1v) is 9.68. The number of H-pyrrole nitrogens is 2. The van der Waals surface area contributed by atoms with Gasteiger partial charge in [-0.25, -0.2) is 19.9 Å². The fourth-order valence-corrected chi connectivity index (χ4v) is 3.88. The number of halogens is 3. The van der Waals surface area contributed by atoms with E-state index in [2.05, 4.69) is 29.9 Å². The summed E-state index contributed by atoms with van der Waals surface area (Å²) in [7, 11) is 0. The van der Waals surface area contributed by atoms with Gasteiger partial charge in [0.2, 0.25) is 0 Å². The second kappa shape index (κ2) is 7.05. The lowest BCUT2D eigenvalue weighted by Gasteiger charge is -2.37. The highest BCUT2D eigenvalue weighted by Crippen LogP contribution is 2.36. The summed E-state index contributed by atoms with van der Waals surface area (Å²) >= 11 is 0. The number of imidazole rings is 2. The van der Waals surface area contributed by atoms with Crippen LogP contribution in [0.3, 0.4) is 0 Å². The van der Waals surface area contributed by atoms with Gasteiger partial charge in [0.25, 0.3) is 0 Å². The molecule has 1 aromatic carbocycles. The van der Waals surface area contributed by atoms with Crippen molar-refractivity contribution in [2.24, 2.45) is 0 Å². The zero-order chi connectivity index (χ0) is 21.6. The monoisotopic (exact) mass is 429 g/mol. The summed E-state index contributed by atoms with van der Waals surface area (Å²) < 4.78 is 39.0. The van der Waals surface area contributed by atoms with Crippen LogP contribution >= 0.6 is 0 Å². The lowest BCUT2D eigenvalue weighted by molar-refractivity contribution is -0.137. The number of nitrogens with zero attached hydrogens (tertiary/aromatic N) is 5. The Morgan fingerprint density at radius 1 is 1.06 bits per heavy atom. The van der Waals surface area contributed by atoms with Crippen LogP contribution in [0.15, 0.2) is 43.1 Å². The van der Waals surface area contributed by atoms with E-state index in [-0.39, 0.29) is 0 Å². The lowest BCUT2D eigenvalue weighted by Crippen LogP contribution is -2.43. The summed E-state index contributed by atoms with van der Waals surface area (Å²) in [6.07, 6.45) is 0.789. The molecule has 0 saturated carbocycles. The maximum atomic E-state index is 13.0. The van der Waals surface area contributed by atoms with Gasteiger partial charge in [0.05, 0.1) is 23.8 Å². The van der Waals surface area contributed by atoms with Crippen molar-refractivity contribution in [3.05, 3.63) is 54.5 Å². The third-order valence-electron chi connectivity index (χ3n) is 5.61. The van der Waals surface area contributed by atoms with Gasteiger partial charge in [-0.15, -0.1) is 0 Å². The van der Waals surface area contributed by atoms with Crippen molar-refractivity contribution < 1.29 is 18.3 Å². The molecule has 1 fully saturated rings. The molecule has 31 heavy (non-hydrogen) atoms. The van der Waals surface area contributed by atoms with E-state index in [9.17, 15) is 18.3 Å². The molecule has 5 rings (SSSR count). The van der Waals surface area contributed by atoms with Crippen molar-refractivity contribution in [2.45, 2.75) is 24.6 Å². The average Bonchev–Trinajstić information content (AvgIpc) is 3.44. The van der Waals surface area contributed by atoms with Crippen molar-refractivity contribution >= 4 is 17.0 Å². The number of nitrogens with one attached hydrogen (secondary N) is 2. The molecule has 1 aliphatic heterocycles. The predicted octanol–water partition coefficient (Wildman–Crippen LogP) is 3.25. The summed E-state index contributed by atoms with van der Waals surface area (Å²) in [6, 6.07) is 5.01. The van der Waals surface area contributed by atoms with Crippen molar-refractivity contribution in [1.82, 2.24) is 29.9 Å². The molecule has 1 aliphatic rings. The first-order valence-electron chi connectivity index (χ1n) is 9.68. The van der Waals surface area contributed by atoms with Crippen LogP contribution < -0.4 is 4.90 Å². The van der Waals surface area contributed by atoms with Crippen LogP contribution in [-0.4, -0.2) is 48.1 Å². The zero-order valence-corrected chi connectivity index (χ0v) is 16.2. The number of piperidine rings is 1. The number of hydrogen-bond acceptors (Lipinski definition) is 6. The number of anilines is 1. The van der Waals surface area contributed by atoms with Gasteiger partial charge in [-0.1, -0.05) is 12.1 Å². The van der Waals surface area contributed by atoms with Crippen molar-refractivity contribution in [1.29, 1.82) is 0 Å². The molecule has 3 aromatic heterocycles. The standard InChI is InChI=1S/C20H18F3N7O/c21-20(22,23)13-3-1-2-12(8-13)14-9-24-18(29-14)19(31)4-6-30(7-5-19)17-15-16(26-10-25-15)27-11-28-17/h1-3,8-11,31H,4-7H2,(H,24,29)(H,25,26,27,28). The summed E-state index contributed by atoms with van der Waals surface area (Å²) in [5.41, 5.74) is 0.143. The van der Waals surface area contributed by atoms with Crippen LogP contribution in [0.25, 0.3) is 22.4 Å². The molecule has 1 saturated heterocycles. The van der Waals surface area contributed by atoms with Crippen LogP contribution in [0.1, 0.15) is 24.2 Å². The van der Waals surface area contributed by atoms with Gasteiger partial charge in [-0.3, -0.25) is 0 Å². The smallest absolute Gasteiger partial charge is 0.382 e. The highest BCUT2D eigenvalue weighted by Gasteiger charge is 2.37. The van der Waals surface area contributed by atoms with E-state index >= 15 is 0 Å². The van der Waals surface area contributed by atoms with E-state index in [1.54, 1.807) is 12.4 Å². The first-order chi connectivity index (χ1) is 14.8. The summed E-state index contributed by atoms with van der Waals surface area (Å²) in [4.78, 5) is 24.9. The summed E-state index contributed by atoms with van der Waals surface area (Å²) in [6.45, 7) is 1.03. The molecule has 0 aliphatic carbocycles. The van der Waals surface area contributed by atoms with Crippen LogP contribution in [-0.2, 0) is 11.8 Å². The number of hydrogen-bond donors (Lipinski definition) is 3. The molecule has 0 atom stereocenters. The number of aliphatic hydroxyl groups is 1. The van der Waals surface area contributed by atoms with Crippen LogP contribution in [0.4, 0.5) is 19.0 Å².